The molecule has 14 heteroatoms. The van der Waals surface area contributed by atoms with Gasteiger partial charge in [0, 0.05) is 34.6 Å². The minimum Gasteiger partial charge on any atom is -0.469 e. The van der Waals surface area contributed by atoms with Crippen molar-refractivity contribution in [1.29, 1.82) is 0 Å². The van der Waals surface area contributed by atoms with Crippen LogP contribution in [0.25, 0.3) is 10.9 Å². The van der Waals surface area contributed by atoms with Gasteiger partial charge in [-0.2, -0.15) is 36.3 Å². The Labute approximate surface area is 199 Å². The second kappa shape index (κ2) is 9.17. The number of alkyl halides is 6. The third-order valence-electron chi connectivity index (χ3n) is 5.69. The number of hydrogen-bond acceptors (Lipinski definition) is 6. The van der Waals surface area contributed by atoms with E-state index in [4.69, 9.17) is 11.6 Å². The number of aromatic nitrogens is 4. The first-order valence-corrected chi connectivity index (χ1v) is 10.8. The van der Waals surface area contributed by atoms with E-state index in [1.165, 1.54) is 12.0 Å². The van der Waals surface area contributed by atoms with Crippen LogP contribution in [0.15, 0.2) is 18.2 Å². The van der Waals surface area contributed by atoms with Crippen LogP contribution in [0.4, 0.5) is 32.3 Å². The van der Waals surface area contributed by atoms with E-state index in [0.717, 1.165) is 10.9 Å². The number of ether oxygens (including phenoxy) is 1. The molecule has 2 aromatic heterocycles. The molecule has 0 saturated carbocycles. The van der Waals surface area contributed by atoms with Crippen molar-refractivity contribution in [3.63, 3.8) is 0 Å². The van der Waals surface area contributed by atoms with E-state index < -0.39 is 42.0 Å². The summed E-state index contributed by atoms with van der Waals surface area (Å²) >= 11 is 6.12. The molecule has 1 unspecified atom stereocenters. The molecule has 0 aliphatic carbocycles. The number of methoxy groups -OCH3 is 1. The number of fused-ring (bicyclic) bond motifs is 3. The van der Waals surface area contributed by atoms with Gasteiger partial charge in [0.25, 0.3) is 0 Å². The predicted molar refractivity (Wildman–Crippen MR) is 113 cm³/mol. The molecule has 0 radical (unpaired) electrons. The molecule has 0 fully saturated rings. The van der Waals surface area contributed by atoms with Gasteiger partial charge >= 0.3 is 18.3 Å². The minimum atomic E-state index is -5.21. The van der Waals surface area contributed by atoms with Gasteiger partial charge in [0.1, 0.15) is 0 Å². The van der Waals surface area contributed by atoms with E-state index >= 15 is 0 Å². The van der Waals surface area contributed by atoms with Gasteiger partial charge in [-0.15, -0.1) is 0 Å². The van der Waals surface area contributed by atoms with Crippen molar-refractivity contribution in [1.82, 2.24) is 19.9 Å². The number of nitrogens with one attached hydrogen (secondary N) is 1. The number of H-pyrrole nitrogens is 1. The normalized spacial score (nSPS) is 16.5. The average molecular weight is 522 g/mol. The number of esters is 1. The fraction of sp³-hybridized carbons (Fsp3) is 0.429. The Morgan fingerprint density at radius 3 is 2.40 bits per heavy atom. The molecule has 0 saturated heterocycles. The molecule has 1 atom stereocenters. The van der Waals surface area contributed by atoms with E-state index in [1.54, 1.807) is 18.2 Å². The molecule has 1 N–H and O–H groups in total. The zero-order valence-corrected chi connectivity index (χ0v) is 18.9. The summed E-state index contributed by atoms with van der Waals surface area (Å²) in [6.45, 7) is 0.0357. The lowest BCUT2D eigenvalue weighted by molar-refractivity contribution is -0.155. The fourth-order valence-electron chi connectivity index (χ4n) is 4.17. The number of nitrogens with zero attached hydrogens (tertiary/aromatic N) is 4. The minimum absolute atomic E-state index is 0.0149. The van der Waals surface area contributed by atoms with E-state index in [0.29, 0.717) is 16.2 Å². The monoisotopic (exact) mass is 521 g/mol. The molecule has 3 heterocycles. The van der Waals surface area contributed by atoms with Gasteiger partial charge in [0.2, 0.25) is 17.6 Å². The lowest BCUT2D eigenvalue weighted by Crippen LogP contribution is -2.38. The van der Waals surface area contributed by atoms with Crippen LogP contribution in [0.2, 0.25) is 5.02 Å². The van der Waals surface area contributed by atoms with Crippen LogP contribution >= 0.6 is 11.6 Å². The van der Waals surface area contributed by atoms with E-state index in [9.17, 15) is 31.1 Å². The second-order valence-electron chi connectivity index (χ2n) is 7.91. The number of rotatable bonds is 5. The van der Waals surface area contributed by atoms with Crippen molar-refractivity contribution >= 4 is 34.4 Å². The van der Waals surface area contributed by atoms with Crippen molar-refractivity contribution in [2.75, 3.05) is 18.6 Å². The van der Waals surface area contributed by atoms with Crippen LogP contribution in [0, 0.1) is 0 Å². The maximum absolute atomic E-state index is 13.3. The first-order valence-electron chi connectivity index (χ1n) is 10.4. The Balaban J connectivity index is 1.81. The Morgan fingerprint density at radius 2 is 1.80 bits per heavy atom. The second-order valence-corrected chi connectivity index (χ2v) is 8.35. The van der Waals surface area contributed by atoms with Gasteiger partial charge in [-0.25, -0.2) is 4.98 Å². The van der Waals surface area contributed by atoms with Crippen molar-refractivity contribution < 1.29 is 35.9 Å². The van der Waals surface area contributed by atoms with Crippen LogP contribution in [-0.4, -0.2) is 39.6 Å². The third-order valence-corrected chi connectivity index (χ3v) is 5.92. The van der Waals surface area contributed by atoms with Crippen LogP contribution in [-0.2, 0) is 28.3 Å². The molecular formula is C21H18ClF6N5O2. The summed E-state index contributed by atoms with van der Waals surface area (Å²) in [6, 6.07) is 4.39. The first-order chi connectivity index (χ1) is 16.4. The highest BCUT2D eigenvalue weighted by atomic mass is 35.5. The molecule has 7 nitrogen and oxygen atoms in total. The fourth-order valence-corrected chi connectivity index (χ4v) is 4.34. The lowest BCUT2D eigenvalue weighted by Gasteiger charge is -2.36. The SMILES string of the molecule is COC(=O)CCCC1c2[nH]c3ccc(Cl)cc3c2CCN1c1nc(C(F)(F)F)nc(C(F)(F)F)n1. The van der Waals surface area contributed by atoms with Crippen LogP contribution in [0.5, 0.6) is 0 Å². The summed E-state index contributed by atoms with van der Waals surface area (Å²) in [5.74, 6) is -5.10. The third kappa shape index (κ3) is 5.14. The van der Waals surface area contributed by atoms with E-state index in [2.05, 4.69) is 24.7 Å². The Bertz CT molecular complexity index is 1230. The summed E-state index contributed by atoms with van der Waals surface area (Å²) in [5, 5.41) is 1.28. The number of carbonyl (C=O) groups is 1. The van der Waals surface area contributed by atoms with Gasteiger partial charge in [-0.3, -0.25) is 4.79 Å². The molecular weight excluding hydrogens is 504 g/mol. The molecule has 4 rings (SSSR count). The number of hydrogen-bond donors (Lipinski definition) is 1. The molecule has 35 heavy (non-hydrogen) atoms. The van der Waals surface area contributed by atoms with Gasteiger partial charge < -0.3 is 14.6 Å². The summed E-state index contributed by atoms with van der Waals surface area (Å²) in [6.07, 6.45) is -9.66. The van der Waals surface area contributed by atoms with Gasteiger partial charge in [0.05, 0.1) is 13.2 Å². The van der Waals surface area contributed by atoms with Gasteiger partial charge in [0.15, 0.2) is 0 Å². The maximum Gasteiger partial charge on any atom is 0.451 e. The standard InChI is InChI=1S/C21H18ClF6N5O2/c1-35-15(34)4-2-3-14-16-11(12-9-10(22)5-6-13(12)29-16)7-8-33(14)19-31-17(20(23,24)25)30-18(32-19)21(26,27)28/h5-6,9,14,29H,2-4,7-8H2,1H3. The predicted octanol–water partition coefficient (Wildman–Crippen LogP) is 5.49. The Morgan fingerprint density at radius 1 is 1.14 bits per heavy atom. The van der Waals surface area contributed by atoms with Crippen LogP contribution in [0.3, 0.4) is 0 Å². The van der Waals surface area contributed by atoms with Crippen molar-refractivity contribution in [2.45, 2.75) is 44.1 Å². The number of aromatic amines is 1. The summed E-state index contributed by atoms with van der Waals surface area (Å²) < 4.78 is 84.7. The topological polar surface area (TPSA) is 84.0 Å². The molecule has 0 spiro atoms. The van der Waals surface area contributed by atoms with Crippen LogP contribution < -0.4 is 4.90 Å². The molecule has 188 valence electrons. The average Bonchev–Trinajstić information content (AvgIpc) is 3.15. The highest BCUT2D eigenvalue weighted by Gasteiger charge is 2.43. The zero-order valence-electron chi connectivity index (χ0n) is 18.1. The summed E-state index contributed by atoms with van der Waals surface area (Å²) in [7, 11) is 1.22. The number of anilines is 1. The zero-order chi connectivity index (χ0) is 25.5. The largest absolute Gasteiger partial charge is 0.469 e. The number of carbonyl (C=O) groups excluding carboxylic acids is 1. The molecule has 1 aliphatic rings. The molecule has 1 aromatic carbocycles. The highest BCUT2D eigenvalue weighted by molar-refractivity contribution is 6.31. The molecule has 0 bridgehead atoms. The summed E-state index contributed by atoms with van der Waals surface area (Å²) in [5.41, 5.74) is 2.13. The van der Waals surface area contributed by atoms with Gasteiger partial charge in [-0.05, 0) is 43.0 Å². The first kappa shape index (κ1) is 25.0. The molecule has 3 aromatic rings. The number of halogens is 7. The maximum atomic E-state index is 13.3. The molecule has 1 aliphatic heterocycles. The van der Waals surface area contributed by atoms with Crippen molar-refractivity contribution in [3.05, 3.63) is 46.1 Å². The Hall–Kier alpha value is -3.09. The van der Waals surface area contributed by atoms with Crippen LogP contribution in [0.1, 0.15) is 48.2 Å². The van der Waals surface area contributed by atoms with Gasteiger partial charge in [-0.1, -0.05) is 11.6 Å². The Kier molecular flexibility index (Phi) is 6.56. The van der Waals surface area contributed by atoms with Crippen molar-refractivity contribution in [2.24, 2.45) is 0 Å². The summed E-state index contributed by atoms with van der Waals surface area (Å²) in [4.78, 5) is 25.4. The number of benzene rings is 1. The quantitative estimate of drug-likeness (QED) is 0.353. The van der Waals surface area contributed by atoms with E-state index in [1.807, 2.05) is 0 Å². The smallest absolute Gasteiger partial charge is 0.451 e. The lowest BCUT2D eigenvalue weighted by atomic mass is 9.94. The van der Waals surface area contributed by atoms with E-state index in [-0.39, 0.29) is 32.2 Å². The van der Waals surface area contributed by atoms with Crippen molar-refractivity contribution in [3.8, 4) is 0 Å². The highest BCUT2D eigenvalue weighted by Crippen LogP contribution is 2.40. The molecule has 0 amide bonds.